The summed E-state index contributed by atoms with van der Waals surface area (Å²) in [5, 5.41) is 0. The van der Waals surface area contributed by atoms with Crippen molar-refractivity contribution in [3.63, 3.8) is 0 Å². The van der Waals surface area contributed by atoms with E-state index in [9.17, 15) is 14.4 Å². The highest BCUT2D eigenvalue weighted by molar-refractivity contribution is 8.26. The number of hydrogen-bond acceptors (Lipinski definition) is 8. The van der Waals surface area contributed by atoms with Gasteiger partial charge in [-0.15, -0.1) is 0 Å². The molecular weight excluding hydrogens is 534 g/mol. The summed E-state index contributed by atoms with van der Waals surface area (Å²) in [4.78, 5) is 49.9. The van der Waals surface area contributed by atoms with Gasteiger partial charge in [0.1, 0.15) is 15.8 Å². The Morgan fingerprint density at radius 2 is 1.79 bits per heavy atom. The SMILES string of the molecule is CCCCCCCCN1C(=O)/C(=C\c2c(N3CCN(C(=O)OCC)CC3)nc3ccc(C)cn3c2=O)SC1=S. The maximum atomic E-state index is 13.8. The molecule has 2 aromatic rings. The molecule has 0 spiro atoms. The van der Waals surface area contributed by atoms with E-state index in [2.05, 4.69) is 6.92 Å². The second-order valence-electron chi connectivity index (χ2n) is 9.86. The number of rotatable bonds is 10. The zero-order chi connectivity index (χ0) is 27.9. The molecule has 0 N–H and O–H groups in total. The maximum Gasteiger partial charge on any atom is 0.409 e. The van der Waals surface area contributed by atoms with Crippen LogP contribution in [0.2, 0.25) is 0 Å². The number of anilines is 1. The van der Waals surface area contributed by atoms with Gasteiger partial charge in [-0.2, -0.15) is 0 Å². The predicted molar refractivity (Wildman–Crippen MR) is 160 cm³/mol. The van der Waals surface area contributed by atoms with Crippen molar-refractivity contribution in [1.29, 1.82) is 0 Å². The molecule has 4 heterocycles. The number of amides is 2. The molecule has 2 aliphatic rings. The second kappa shape index (κ2) is 13.4. The number of aryl methyl sites for hydroxylation is 1. The van der Waals surface area contributed by atoms with Crippen LogP contribution in [0.4, 0.5) is 10.6 Å². The topological polar surface area (TPSA) is 87.5 Å². The summed E-state index contributed by atoms with van der Waals surface area (Å²) >= 11 is 6.78. The minimum Gasteiger partial charge on any atom is -0.450 e. The Labute approximate surface area is 239 Å². The van der Waals surface area contributed by atoms with Crippen molar-refractivity contribution in [2.45, 2.75) is 59.3 Å². The number of unbranched alkanes of at least 4 members (excludes halogenated alkanes) is 5. The lowest BCUT2D eigenvalue weighted by molar-refractivity contribution is -0.122. The second-order valence-corrected chi connectivity index (χ2v) is 11.5. The standard InChI is InChI=1S/C28H37N5O4S2/c1-4-6-7-8-9-10-13-32-26(35)22(39-28(32)38)18-21-24(29-23-12-11-20(3)19-33(23)25(21)34)30-14-16-31(17-15-30)27(36)37-5-2/h11-12,18-19H,4-10,13-17H2,1-3H3/b22-18+. The fraction of sp³-hybridized carbons (Fsp3) is 0.536. The van der Waals surface area contributed by atoms with Crippen LogP contribution in [0, 0.1) is 6.92 Å². The molecule has 2 saturated heterocycles. The molecule has 0 aliphatic carbocycles. The maximum absolute atomic E-state index is 13.8. The van der Waals surface area contributed by atoms with Gasteiger partial charge in [0.25, 0.3) is 11.5 Å². The highest BCUT2D eigenvalue weighted by atomic mass is 32.2. The summed E-state index contributed by atoms with van der Waals surface area (Å²) < 4.78 is 7.19. The van der Waals surface area contributed by atoms with E-state index in [1.807, 2.05) is 24.0 Å². The molecule has 2 aromatic heterocycles. The molecule has 2 aliphatic heterocycles. The van der Waals surface area contributed by atoms with E-state index >= 15 is 0 Å². The third-order valence-electron chi connectivity index (χ3n) is 6.97. The lowest BCUT2D eigenvalue weighted by Crippen LogP contribution is -2.49. The number of thioether (sulfide) groups is 1. The van der Waals surface area contributed by atoms with Crippen LogP contribution in [0.15, 0.2) is 28.0 Å². The molecule has 0 atom stereocenters. The number of pyridine rings is 1. The van der Waals surface area contributed by atoms with Gasteiger partial charge in [0, 0.05) is 38.9 Å². The Morgan fingerprint density at radius 3 is 2.51 bits per heavy atom. The van der Waals surface area contributed by atoms with Crippen LogP contribution < -0.4 is 10.5 Å². The van der Waals surface area contributed by atoms with Crippen molar-refractivity contribution >= 4 is 57.8 Å². The first-order valence-electron chi connectivity index (χ1n) is 13.8. The zero-order valence-electron chi connectivity index (χ0n) is 23.0. The van der Waals surface area contributed by atoms with Gasteiger partial charge in [-0.1, -0.05) is 69.1 Å². The summed E-state index contributed by atoms with van der Waals surface area (Å²) in [6.45, 7) is 8.70. The van der Waals surface area contributed by atoms with Crippen LogP contribution >= 0.6 is 24.0 Å². The van der Waals surface area contributed by atoms with E-state index in [4.69, 9.17) is 21.9 Å². The Bertz CT molecular complexity index is 1320. The number of aromatic nitrogens is 2. The number of carbonyl (C=O) groups excluding carboxylic acids is 2. The lowest BCUT2D eigenvalue weighted by atomic mass is 10.1. The van der Waals surface area contributed by atoms with Gasteiger partial charge in [-0.05, 0) is 38.0 Å². The normalized spacial score (nSPS) is 17.1. The summed E-state index contributed by atoms with van der Waals surface area (Å²) in [5.74, 6) is 0.346. The number of nitrogens with zero attached hydrogens (tertiary/aromatic N) is 5. The average Bonchev–Trinajstić information content (AvgIpc) is 3.20. The van der Waals surface area contributed by atoms with Crippen LogP contribution in [-0.4, -0.2) is 74.8 Å². The molecule has 0 radical (unpaired) electrons. The summed E-state index contributed by atoms with van der Waals surface area (Å²) in [5.41, 5.74) is 1.56. The molecule has 0 saturated carbocycles. The highest BCUT2D eigenvalue weighted by Crippen LogP contribution is 2.34. The smallest absolute Gasteiger partial charge is 0.409 e. The van der Waals surface area contributed by atoms with Crippen LogP contribution in [0.25, 0.3) is 11.7 Å². The number of fused-ring (bicyclic) bond motifs is 1. The van der Waals surface area contributed by atoms with Gasteiger partial charge < -0.3 is 14.5 Å². The predicted octanol–water partition coefficient (Wildman–Crippen LogP) is 4.84. The van der Waals surface area contributed by atoms with Crippen molar-refractivity contribution in [2.75, 3.05) is 44.2 Å². The molecule has 210 valence electrons. The Hall–Kier alpha value is -2.92. The van der Waals surface area contributed by atoms with E-state index in [0.717, 1.165) is 24.8 Å². The molecular formula is C28H37N5O4S2. The first kappa shape index (κ1) is 29.1. The monoisotopic (exact) mass is 571 g/mol. The number of piperazine rings is 1. The fourth-order valence-electron chi connectivity index (χ4n) is 4.80. The molecule has 2 fully saturated rings. The Kier molecular flexibility index (Phi) is 10.0. The van der Waals surface area contributed by atoms with E-state index in [0.29, 0.717) is 65.6 Å². The van der Waals surface area contributed by atoms with Gasteiger partial charge in [0.05, 0.1) is 17.1 Å². The van der Waals surface area contributed by atoms with Crippen LogP contribution in [0.1, 0.15) is 63.5 Å². The lowest BCUT2D eigenvalue weighted by Gasteiger charge is -2.35. The first-order valence-corrected chi connectivity index (χ1v) is 15.0. The molecule has 2 amide bonds. The van der Waals surface area contributed by atoms with E-state index in [1.54, 1.807) is 29.0 Å². The van der Waals surface area contributed by atoms with Gasteiger partial charge in [0.2, 0.25) is 0 Å². The van der Waals surface area contributed by atoms with Crippen molar-refractivity contribution in [1.82, 2.24) is 19.2 Å². The van der Waals surface area contributed by atoms with Crippen LogP contribution in [0.5, 0.6) is 0 Å². The molecule has 39 heavy (non-hydrogen) atoms. The van der Waals surface area contributed by atoms with Crippen molar-refractivity contribution < 1.29 is 14.3 Å². The highest BCUT2D eigenvalue weighted by Gasteiger charge is 2.33. The Balaban J connectivity index is 1.60. The fourth-order valence-corrected chi connectivity index (χ4v) is 6.09. The molecule has 0 unspecified atom stereocenters. The van der Waals surface area contributed by atoms with Crippen molar-refractivity contribution in [2.24, 2.45) is 0 Å². The molecule has 4 rings (SSSR count). The molecule has 11 heteroatoms. The third-order valence-corrected chi connectivity index (χ3v) is 8.35. The number of ether oxygens (including phenoxy) is 1. The van der Waals surface area contributed by atoms with E-state index < -0.39 is 0 Å². The number of thiocarbonyl (C=S) groups is 1. The van der Waals surface area contributed by atoms with Gasteiger partial charge in [0.15, 0.2) is 0 Å². The number of hydrogen-bond donors (Lipinski definition) is 0. The third kappa shape index (κ3) is 6.81. The zero-order valence-corrected chi connectivity index (χ0v) is 24.6. The van der Waals surface area contributed by atoms with Gasteiger partial charge in [-0.3, -0.25) is 18.9 Å². The van der Waals surface area contributed by atoms with E-state index in [1.165, 1.54) is 35.4 Å². The first-order chi connectivity index (χ1) is 18.8. The molecule has 9 nitrogen and oxygen atoms in total. The van der Waals surface area contributed by atoms with Crippen molar-refractivity contribution in [3.8, 4) is 0 Å². The summed E-state index contributed by atoms with van der Waals surface area (Å²) in [7, 11) is 0. The molecule has 0 bridgehead atoms. The van der Waals surface area contributed by atoms with Gasteiger partial charge >= 0.3 is 6.09 Å². The van der Waals surface area contributed by atoms with Crippen molar-refractivity contribution in [3.05, 3.63) is 44.7 Å². The largest absolute Gasteiger partial charge is 0.450 e. The minimum absolute atomic E-state index is 0.162. The quantitative estimate of drug-likeness (QED) is 0.227. The van der Waals surface area contributed by atoms with Crippen LogP contribution in [0.3, 0.4) is 0 Å². The molecule has 0 aromatic carbocycles. The Morgan fingerprint density at radius 1 is 1.08 bits per heavy atom. The van der Waals surface area contributed by atoms with Gasteiger partial charge in [-0.25, -0.2) is 9.78 Å². The van der Waals surface area contributed by atoms with Crippen LogP contribution in [-0.2, 0) is 9.53 Å². The van der Waals surface area contributed by atoms with E-state index in [-0.39, 0.29) is 17.6 Å². The summed E-state index contributed by atoms with van der Waals surface area (Å²) in [6, 6.07) is 3.73. The summed E-state index contributed by atoms with van der Waals surface area (Å²) in [6.07, 6.45) is 9.84. The number of carbonyl (C=O) groups is 2. The minimum atomic E-state index is -0.339. The average molecular weight is 572 g/mol.